The molecule has 0 saturated heterocycles. The van der Waals surface area contributed by atoms with Gasteiger partial charge in [-0.25, -0.2) is 29.9 Å². The second kappa shape index (κ2) is 24.9. The summed E-state index contributed by atoms with van der Waals surface area (Å²) in [6, 6.07) is 89.8. The zero-order chi connectivity index (χ0) is 56.3. The second-order valence-electron chi connectivity index (χ2n) is 18.6. The van der Waals surface area contributed by atoms with Crippen LogP contribution >= 0.6 is 0 Å². The van der Waals surface area contributed by atoms with Gasteiger partial charge < -0.3 is 0 Å². The molecule has 6 heteroatoms. The van der Waals surface area contributed by atoms with E-state index >= 15 is 0 Å². The minimum Gasteiger partial charge on any atom is -0.208 e. The standard InChI is InChI=1S/C67H42N6.4C2H6/c1-5-17-45(18-6-1)61-68-62(46-19-7-2-8-20-46)71-65(70-61)49-33-29-43(30-34-49)51-37-39-55-53-25-13-15-27-57(53)67(59(55)41-51)58-28-16-14-26-54(58)56-40-38-52(42-60(56)67)44-31-35-50(36-32-44)66-72-63(47-21-9-3-10-22-47)69-64(73-66)48-23-11-4-12-24-48;4*1-2/h1-42H;4*1-2H3. The molecule has 2 aliphatic rings. The first-order valence-corrected chi connectivity index (χ1v) is 28.6. The van der Waals surface area contributed by atoms with Crippen molar-refractivity contribution >= 4 is 0 Å². The van der Waals surface area contributed by atoms with E-state index in [9.17, 15) is 0 Å². The molecule has 1 spiro atoms. The summed E-state index contributed by atoms with van der Waals surface area (Å²) in [4.78, 5) is 29.9. The first kappa shape index (κ1) is 54.6. The normalized spacial score (nSPS) is 11.6. The van der Waals surface area contributed by atoms with Crippen molar-refractivity contribution in [2.24, 2.45) is 0 Å². The molecule has 0 fully saturated rings. The Morgan fingerprint density at radius 2 is 0.395 bits per heavy atom. The van der Waals surface area contributed by atoms with Crippen molar-refractivity contribution < 1.29 is 0 Å². The lowest BCUT2D eigenvalue weighted by molar-refractivity contribution is 0.794. The molecule has 2 heterocycles. The van der Waals surface area contributed by atoms with Gasteiger partial charge in [0, 0.05) is 33.4 Å². The van der Waals surface area contributed by atoms with Gasteiger partial charge >= 0.3 is 0 Å². The Morgan fingerprint density at radius 1 is 0.185 bits per heavy atom. The van der Waals surface area contributed by atoms with Crippen molar-refractivity contribution in [3.63, 3.8) is 0 Å². The zero-order valence-electron chi connectivity index (χ0n) is 47.4. The van der Waals surface area contributed by atoms with Gasteiger partial charge in [-0.05, 0) is 78.9 Å². The second-order valence-corrected chi connectivity index (χ2v) is 18.6. The third-order valence-electron chi connectivity index (χ3n) is 14.4. The fourth-order valence-corrected chi connectivity index (χ4v) is 11.0. The van der Waals surface area contributed by atoms with E-state index in [0.717, 1.165) is 55.6 Å². The molecule has 0 aliphatic heterocycles. The quantitative estimate of drug-likeness (QED) is 0.151. The molecule has 6 nitrogen and oxygen atoms in total. The maximum atomic E-state index is 5.01. The predicted octanol–water partition coefficient (Wildman–Crippen LogP) is 19.8. The molecule has 0 N–H and O–H groups in total. The molecule has 0 saturated carbocycles. The summed E-state index contributed by atoms with van der Waals surface area (Å²) in [7, 11) is 0. The molecular formula is C75H66N6. The lowest BCUT2D eigenvalue weighted by Crippen LogP contribution is -2.26. The highest BCUT2D eigenvalue weighted by Crippen LogP contribution is 2.63. The first-order chi connectivity index (χ1) is 40.2. The molecule has 14 rings (SSSR count). The Hall–Kier alpha value is -9.78. The predicted molar refractivity (Wildman–Crippen MR) is 338 cm³/mol. The third-order valence-corrected chi connectivity index (χ3v) is 14.4. The molecular weight excluding hydrogens is 985 g/mol. The number of aromatic nitrogens is 6. The molecule has 0 unspecified atom stereocenters. The molecule has 0 radical (unpaired) electrons. The number of benzene rings is 10. The van der Waals surface area contributed by atoms with E-state index in [-0.39, 0.29) is 0 Å². The SMILES string of the molecule is CC.CC.CC.CC.c1ccc(-c2nc(-c3ccccc3)nc(-c3ccc(-c4ccc5c(c4)C4(c6ccccc6-5)c5ccccc5-c5ccc(-c6ccc(-c7nc(-c8ccccc8)nc(-c8ccccc8)n7)cc6)cc54)cc3)n2)cc1. The largest absolute Gasteiger partial charge is 0.208 e. The van der Waals surface area contributed by atoms with Crippen LogP contribution in [-0.4, -0.2) is 29.9 Å². The van der Waals surface area contributed by atoms with Crippen LogP contribution in [0.25, 0.3) is 113 Å². The van der Waals surface area contributed by atoms with E-state index in [1.54, 1.807) is 0 Å². The van der Waals surface area contributed by atoms with Crippen molar-refractivity contribution in [1.82, 2.24) is 29.9 Å². The topological polar surface area (TPSA) is 77.3 Å². The molecule has 2 aliphatic carbocycles. The number of rotatable bonds is 8. The van der Waals surface area contributed by atoms with Gasteiger partial charge in [-0.15, -0.1) is 0 Å². The van der Waals surface area contributed by atoms with Gasteiger partial charge in [-0.1, -0.05) is 298 Å². The highest BCUT2D eigenvalue weighted by atomic mass is 15.0. The van der Waals surface area contributed by atoms with Gasteiger partial charge in [0.1, 0.15) is 0 Å². The lowest BCUT2D eigenvalue weighted by atomic mass is 9.70. The summed E-state index contributed by atoms with van der Waals surface area (Å²) in [5.74, 6) is 3.83. The molecule has 0 atom stereocenters. The van der Waals surface area contributed by atoms with Crippen LogP contribution in [0.2, 0.25) is 0 Å². The minimum atomic E-state index is -0.539. The van der Waals surface area contributed by atoms with Crippen LogP contribution in [0.4, 0.5) is 0 Å². The fraction of sp³-hybridized carbons (Fsp3) is 0.120. The average Bonchev–Trinajstić information content (AvgIpc) is 4.26. The number of fused-ring (bicyclic) bond motifs is 10. The molecule has 2 aromatic heterocycles. The van der Waals surface area contributed by atoms with Gasteiger partial charge in [0.15, 0.2) is 34.9 Å². The molecule has 10 aromatic carbocycles. The van der Waals surface area contributed by atoms with Crippen LogP contribution in [0.5, 0.6) is 0 Å². The Balaban J connectivity index is 0.000000884. The van der Waals surface area contributed by atoms with Gasteiger partial charge in [-0.3, -0.25) is 0 Å². The smallest absolute Gasteiger partial charge is 0.164 e. The van der Waals surface area contributed by atoms with E-state index in [2.05, 4.69) is 133 Å². The van der Waals surface area contributed by atoms with Crippen LogP contribution in [0.1, 0.15) is 77.6 Å². The summed E-state index contributed by atoms with van der Waals surface area (Å²) in [5.41, 5.74) is 19.8. The van der Waals surface area contributed by atoms with Gasteiger partial charge in [0.05, 0.1) is 5.41 Å². The van der Waals surface area contributed by atoms with Gasteiger partial charge in [0.2, 0.25) is 0 Å². The Labute approximate surface area is 478 Å². The number of nitrogens with zero attached hydrogens (tertiary/aromatic N) is 6. The van der Waals surface area contributed by atoms with Crippen LogP contribution in [0.3, 0.4) is 0 Å². The molecule has 12 aromatic rings. The van der Waals surface area contributed by atoms with E-state index in [1.165, 1.54) is 44.5 Å². The summed E-state index contributed by atoms with van der Waals surface area (Å²) >= 11 is 0. The maximum absolute atomic E-state index is 5.01. The maximum Gasteiger partial charge on any atom is 0.164 e. The summed E-state index contributed by atoms with van der Waals surface area (Å²) in [5, 5.41) is 0. The Bertz CT molecular complexity index is 3670. The first-order valence-electron chi connectivity index (χ1n) is 28.6. The van der Waals surface area contributed by atoms with Crippen molar-refractivity contribution in [2.45, 2.75) is 60.8 Å². The van der Waals surface area contributed by atoms with E-state index < -0.39 is 5.41 Å². The third kappa shape index (κ3) is 10.3. The Morgan fingerprint density at radius 3 is 0.679 bits per heavy atom. The average molecular weight is 1050 g/mol. The Kier molecular flexibility index (Phi) is 16.8. The van der Waals surface area contributed by atoms with Gasteiger partial charge in [0.25, 0.3) is 0 Å². The molecule has 81 heavy (non-hydrogen) atoms. The van der Waals surface area contributed by atoms with Crippen LogP contribution in [0.15, 0.2) is 255 Å². The fourth-order valence-electron chi connectivity index (χ4n) is 11.0. The monoisotopic (exact) mass is 1050 g/mol. The van der Waals surface area contributed by atoms with Crippen LogP contribution in [0, 0.1) is 0 Å². The summed E-state index contributed by atoms with van der Waals surface area (Å²) in [6.45, 7) is 16.0. The van der Waals surface area contributed by atoms with Crippen molar-refractivity contribution in [2.75, 3.05) is 0 Å². The number of hydrogen-bond acceptors (Lipinski definition) is 6. The van der Waals surface area contributed by atoms with E-state index in [4.69, 9.17) is 29.9 Å². The van der Waals surface area contributed by atoms with Crippen LogP contribution in [-0.2, 0) is 5.41 Å². The van der Waals surface area contributed by atoms with E-state index in [0.29, 0.717) is 34.9 Å². The zero-order valence-corrected chi connectivity index (χ0v) is 47.4. The van der Waals surface area contributed by atoms with E-state index in [1.807, 2.05) is 177 Å². The summed E-state index contributed by atoms with van der Waals surface area (Å²) in [6.07, 6.45) is 0. The van der Waals surface area contributed by atoms with Crippen molar-refractivity contribution in [1.29, 1.82) is 0 Å². The van der Waals surface area contributed by atoms with Crippen molar-refractivity contribution in [3.05, 3.63) is 277 Å². The number of hydrogen-bond donors (Lipinski definition) is 0. The highest BCUT2D eigenvalue weighted by molar-refractivity contribution is 5.97. The molecule has 396 valence electrons. The van der Waals surface area contributed by atoms with Crippen molar-refractivity contribution in [3.8, 4) is 113 Å². The summed E-state index contributed by atoms with van der Waals surface area (Å²) < 4.78 is 0. The minimum absolute atomic E-state index is 0.539. The highest BCUT2D eigenvalue weighted by Gasteiger charge is 2.51. The lowest BCUT2D eigenvalue weighted by Gasteiger charge is -2.31. The molecule has 0 amide bonds. The van der Waals surface area contributed by atoms with Crippen LogP contribution < -0.4 is 0 Å². The van der Waals surface area contributed by atoms with Gasteiger partial charge in [-0.2, -0.15) is 0 Å². The molecule has 0 bridgehead atoms.